The predicted molar refractivity (Wildman–Crippen MR) is 73.6 cm³/mol. The van der Waals surface area contributed by atoms with Gasteiger partial charge in [0.15, 0.2) is 0 Å². The minimum absolute atomic E-state index is 0.304. The topological polar surface area (TPSA) is 37.4 Å². The molecule has 0 bridgehead atoms. The van der Waals surface area contributed by atoms with Gasteiger partial charge < -0.3 is 4.90 Å². The Morgan fingerprint density at radius 2 is 1.72 bits per heavy atom. The number of benzene rings is 2. The van der Waals surface area contributed by atoms with Crippen LogP contribution in [-0.4, -0.2) is 18.2 Å². The minimum atomic E-state index is -0.400. The van der Waals surface area contributed by atoms with E-state index in [0.717, 1.165) is 20.9 Å². The molecule has 0 saturated carbocycles. The van der Waals surface area contributed by atoms with Crippen LogP contribution in [0, 0.1) is 0 Å². The number of halogens is 1. The van der Waals surface area contributed by atoms with Crippen LogP contribution < -0.4 is 4.90 Å². The van der Waals surface area contributed by atoms with Crippen molar-refractivity contribution in [2.24, 2.45) is 0 Å². The van der Waals surface area contributed by atoms with Crippen molar-refractivity contribution in [3.8, 4) is 0 Å². The van der Waals surface area contributed by atoms with Crippen molar-refractivity contribution in [2.45, 2.75) is 6.42 Å². The first kappa shape index (κ1) is 11.4. The third-order valence-electron chi connectivity index (χ3n) is 3.18. The zero-order valence-electron chi connectivity index (χ0n) is 9.52. The maximum atomic E-state index is 11.8. The number of anilines is 1. The molecule has 1 heterocycles. The van der Waals surface area contributed by atoms with Crippen molar-refractivity contribution in [1.82, 2.24) is 0 Å². The van der Waals surface area contributed by atoms with Crippen LogP contribution in [0.15, 0.2) is 40.9 Å². The number of Topliss-reactive ketones (excluding diaryl/α,β-unsaturated/α-hetero) is 1. The highest BCUT2D eigenvalue weighted by Crippen LogP contribution is 2.33. The van der Waals surface area contributed by atoms with E-state index >= 15 is 0 Å². The Balaban J connectivity index is 2.22. The third-order valence-corrected chi connectivity index (χ3v) is 3.88. The van der Waals surface area contributed by atoms with Crippen molar-refractivity contribution in [3.63, 3.8) is 0 Å². The molecule has 0 N–H and O–H groups in total. The van der Waals surface area contributed by atoms with Gasteiger partial charge in [-0.3, -0.25) is 9.59 Å². The van der Waals surface area contributed by atoms with Crippen LogP contribution in [0.1, 0.15) is 6.42 Å². The monoisotopic (exact) mass is 303 g/mol. The normalized spacial score (nSPS) is 15.7. The molecule has 90 valence electrons. The molecule has 1 aliphatic heterocycles. The van der Waals surface area contributed by atoms with Crippen LogP contribution in [0.4, 0.5) is 5.69 Å². The zero-order chi connectivity index (χ0) is 12.7. The average Bonchev–Trinajstić information content (AvgIpc) is 2.71. The summed E-state index contributed by atoms with van der Waals surface area (Å²) < 4.78 is 0.986. The summed E-state index contributed by atoms with van der Waals surface area (Å²) in [5.74, 6) is -0.704. The number of hydrogen-bond donors (Lipinski definition) is 0. The molecule has 1 fully saturated rings. The van der Waals surface area contributed by atoms with Gasteiger partial charge in [0.25, 0.3) is 5.91 Å². The molecule has 3 nitrogen and oxygen atoms in total. The van der Waals surface area contributed by atoms with Gasteiger partial charge in [-0.15, -0.1) is 0 Å². The predicted octanol–water partition coefficient (Wildman–Crippen LogP) is 2.91. The van der Waals surface area contributed by atoms with E-state index in [1.54, 1.807) is 4.90 Å². The quantitative estimate of drug-likeness (QED) is 0.760. The smallest absolute Gasteiger partial charge is 0.294 e. The summed E-state index contributed by atoms with van der Waals surface area (Å²) in [7, 11) is 0. The largest absolute Gasteiger partial charge is 0.305 e. The second-order valence-corrected chi connectivity index (χ2v) is 5.10. The minimum Gasteiger partial charge on any atom is -0.305 e. The molecular weight excluding hydrogens is 294 g/mol. The van der Waals surface area contributed by atoms with E-state index in [9.17, 15) is 9.59 Å². The van der Waals surface area contributed by atoms with Crippen LogP contribution in [0.25, 0.3) is 10.8 Å². The summed E-state index contributed by atoms with van der Waals surface area (Å²) >= 11 is 3.50. The van der Waals surface area contributed by atoms with Crippen LogP contribution in [0.2, 0.25) is 0 Å². The Morgan fingerprint density at radius 1 is 1.00 bits per heavy atom. The number of carbonyl (C=O) groups excluding carboxylic acids is 2. The molecule has 3 rings (SSSR count). The summed E-state index contributed by atoms with van der Waals surface area (Å²) in [6.45, 7) is 0.475. The van der Waals surface area contributed by atoms with Crippen LogP contribution in [-0.2, 0) is 9.59 Å². The third kappa shape index (κ3) is 1.64. The van der Waals surface area contributed by atoms with Gasteiger partial charge in [-0.1, -0.05) is 40.2 Å². The molecular formula is C14H10BrNO2. The maximum absolute atomic E-state index is 11.8. The first-order valence-corrected chi connectivity index (χ1v) is 6.50. The van der Waals surface area contributed by atoms with Gasteiger partial charge in [0.1, 0.15) is 0 Å². The number of fused-ring (bicyclic) bond motifs is 1. The maximum Gasteiger partial charge on any atom is 0.294 e. The Kier molecular flexibility index (Phi) is 2.67. The summed E-state index contributed by atoms with van der Waals surface area (Å²) in [4.78, 5) is 24.7. The van der Waals surface area contributed by atoms with E-state index in [4.69, 9.17) is 0 Å². The first-order chi connectivity index (χ1) is 8.68. The van der Waals surface area contributed by atoms with E-state index in [-0.39, 0.29) is 5.78 Å². The van der Waals surface area contributed by atoms with Crippen molar-refractivity contribution in [2.75, 3.05) is 11.4 Å². The SMILES string of the molecule is O=C1CCN(c2ccc(Br)c3ccccc23)C1=O. The number of amides is 1. The fourth-order valence-electron chi connectivity index (χ4n) is 2.28. The van der Waals surface area contributed by atoms with Gasteiger partial charge in [0.2, 0.25) is 5.78 Å². The van der Waals surface area contributed by atoms with Gasteiger partial charge in [-0.05, 0) is 17.5 Å². The number of nitrogens with zero attached hydrogens (tertiary/aromatic N) is 1. The van der Waals surface area contributed by atoms with Crippen molar-refractivity contribution in [1.29, 1.82) is 0 Å². The van der Waals surface area contributed by atoms with E-state index in [0.29, 0.717) is 13.0 Å². The Hall–Kier alpha value is -1.68. The lowest BCUT2D eigenvalue weighted by Crippen LogP contribution is -2.27. The van der Waals surface area contributed by atoms with Crippen LogP contribution in [0.5, 0.6) is 0 Å². The molecule has 18 heavy (non-hydrogen) atoms. The van der Waals surface area contributed by atoms with E-state index in [2.05, 4.69) is 15.9 Å². The molecule has 0 spiro atoms. The molecule has 0 unspecified atom stereocenters. The van der Waals surface area contributed by atoms with Gasteiger partial charge in [-0.2, -0.15) is 0 Å². The molecule has 2 aromatic rings. The summed E-state index contributed by atoms with van der Waals surface area (Å²) in [5.41, 5.74) is 0.810. The first-order valence-electron chi connectivity index (χ1n) is 5.70. The van der Waals surface area contributed by atoms with Crippen molar-refractivity contribution < 1.29 is 9.59 Å². The molecule has 0 aliphatic carbocycles. The highest BCUT2D eigenvalue weighted by Gasteiger charge is 2.31. The van der Waals surface area contributed by atoms with E-state index < -0.39 is 5.91 Å². The van der Waals surface area contributed by atoms with Gasteiger partial charge in [-0.25, -0.2) is 0 Å². The molecule has 2 aromatic carbocycles. The number of ketones is 1. The standard InChI is InChI=1S/C14H10BrNO2/c15-11-5-6-12(10-4-2-1-3-9(10)11)16-8-7-13(17)14(16)18/h1-6H,7-8H2. The number of rotatable bonds is 1. The second-order valence-electron chi connectivity index (χ2n) is 4.24. The lowest BCUT2D eigenvalue weighted by atomic mass is 10.1. The Morgan fingerprint density at radius 3 is 2.39 bits per heavy atom. The van der Waals surface area contributed by atoms with Gasteiger partial charge in [0, 0.05) is 22.8 Å². The number of carbonyl (C=O) groups is 2. The highest BCUT2D eigenvalue weighted by atomic mass is 79.9. The summed E-state index contributed by atoms with van der Waals surface area (Å²) in [6, 6.07) is 11.6. The van der Waals surface area contributed by atoms with Crippen molar-refractivity contribution >= 4 is 44.1 Å². The molecule has 1 amide bonds. The number of hydrogen-bond acceptors (Lipinski definition) is 2. The van der Waals surface area contributed by atoms with Gasteiger partial charge in [0.05, 0.1) is 5.69 Å². The van der Waals surface area contributed by atoms with Crippen molar-refractivity contribution in [3.05, 3.63) is 40.9 Å². The van der Waals surface area contributed by atoms with E-state index in [1.807, 2.05) is 36.4 Å². The molecule has 4 heteroatoms. The highest BCUT2D eigenvalue weighted by molar-refractivity contribution is 9.10. The average molecular weight is 304 g/mol. The molecule has 0 atom stereocenters. The summed E-state index contributed by atoms with van der Waals surface area (Å²) in [5, 5.41) is 2.03. The molecule has 1 aliphatic rings. The molecule has 1 saturated heterocycles. The van der Waals surface area contributed by atoms with Crippen LogP contribution in [0.3, 0.4) is 0 Å². The fourth-order valence-corrected chi connectivity index (χ4v) is 2.76. The van der Waals surface area contributed by atoms with Gasteiger partial charge >= 0.3 is 0 Å². The Bertz CT molecular complexity index is 666. The zero-order valence-corrected chi connectivity index (χ0v) is 11.1. The lowest BCUT2D eigenvalue weighted by Gasteiger charge is -2.17. The fraction of sp³-hybridized carbons (Fsp3) is 0.143. The molecule has 0 aromatic heterocycles. The summed E-state index contributed by atoms with van der Waals surface area (Å²) in [6.07, 6.45) is 0.309. The Labute approximate surface area is 113 Å². The molecule has 0 radical (unpaired) electrons. The van der Waals surface area contributed by atoms with E-state index in [1.165, 1.54) is 0 Å². The second kappa shape index (κ2) is 4.21. The lowest BCUT2D eigenvalue weighted by molar-refractivity contribution is -0.133. The van der Waals surface area contributed by atoms with Crippen LogP contribution >= 0.6 is 15.9 Å².